The fraction of sp³-hybridized carbons (Fsp3) is 0.526. The van der Waals surface area contributed by atoms with Crippen LogP contribution in [0.4, 0.5) is 5.95 Å². The Morgan fingerprint density at radius 3 is 2.28 bits per heavy atom. The van der Waals surface area contributed by atoms with Crippen LogP contribution in [0.5, 0.6) is 0 Å². The molecule has 6 nitrogen and oxygen atoms in total. The Morgan fingerprint density at radius 1 is 1.12 bits per heavy atom. The summed E-state index contributed by atoms with van der Waals surface area (Å²) in [6, 6.07) is 8.49. The van der Waals surface area contributed by atoms with Gasteiger partial charge in [-0.3, -0.25) is 4.79 Å². The van der Waals surface area contributed by atoms with Crippen molar-refractivity contribution < 1.29 is 4.79 Å². The van der Waals surface area contributed by atoms with Crippen molar-refractivity contribution in [3.63, 3.8) is 0 Å². The first-order valence-electron chi connectivity index (χ1n) is 8.91. The number of hydrogen-bond acceptors (Lipinski definition) is 4. The number of amides is 1. The van der Waals surface area contributed by atoms with Gasteiger partial charge in [0.15, 0.2) is 0 Å². The van der Waals surface area contributed by atoms with Crippen LogP contribution < -0.4 is 4.90 Å². The predicted octanol–water partition coefficient (Wildman–Crippen LogP) is 2.13. The highest BCUT2D eigenvalue weighted by molar-refractivity contribution is 5.93. The van der Waals surface area contributed by atoms with Crippen LogP contribution in [-0.2, 0) is 10.2 Å². The number of anilines is 1. The second-order valence-corrected chi connectivity index (χ2v) is 7.92. The van der Waals surface area contributed by atoms with Crippen LogP contribution in [0.15, 0.2) is 30.6 Å². The monoisotopic (exact) mass is 339 g/mol. The lowest BCUT2D eigenvalue weighted by atomic mass is 9.86. The lowest BCUT2D eigenvalue weighted by molar-refractivity contribution is -0.135. The summed E-state index contributed by atoms with van der Waals surface area (Å²) >= 11 is 0. The molecule has 1 amide bonds. The number of nitrogens with one attached hydrogen (secondary N) is 1. The minimum absolute atomic E-state index is 0.0153. The number of rotatable bonds is 3. The van der Waals surface area contributed by atoms with Gasteiger partial charge in [-0.15, -0.1) is 0 Å². The molecule has 6 heteroatoms. The number of nitrogens with zero attached hydrogens (tertiary/aromatic N) is 4. The lowest BCUT2D eigenvalue weighted by Gasteiger charge is -2.37. The Balaban J connectivity index is 1.52. The second kappa shape index (κ2) is 5.58. The maximum atomic E-state index is 13.4. The number of carbonyl (C=O) groups excluding carboxylic acids is 1. The average molecular weight is 339 g/mol. The summed E-state index contributed by atoms with van der Waals surface area (Å²) in [5.74, 6) is 1.06. The number of hydrogen-bond donors (Lipinski definition) is 1. The van der Waals surface area contributed by atoms with Gasteiger partial charge in [0.2, 0.25) is 11.9 Å². The zero-order valence-electron chi connectivity index (χ0n) is 15.1. The summed E-state index contributed by atoms with van der Waals surface area (Å²) in [7, 11) is 0. The SMILES string of the molecule is Cc1ccc([C@@]2(C(=O)N3CCN(c4ncn[nH]4)CC3)CC2(C)C)cc1. The molecule has 1 aromatic carbocycles. The van der Waals surface area contributed by atoms with Crippen LogP contribution >= 0.6 is 0 Å². The maximum absolute atomic E-state index is 13.4. The van der Waals surface area contributed by atoms with E-state index in [-0.39, 0.29) is 16.7 Å². The highest BCUT2D eigenvalue weighted by atomic mass is 16.2. The average Bonchev–Trinajstić information content (AvgIpc) is 2.98. The minimum Gasteiger partial charge on any atom is -0.338 e. The summed E-state index contributed by atoms with van der Waals surface area (Å²) in [6.45, 7) is 9.51. The molecule has 1 N–H and O–H groups in total. The van der Waals surface area contributed by atoms with Crippen LogP contribution in [0.1, 0.15) is 31.4 Å². The van der Waals surface area contributed by atoms with Crippen LogP contribution in [0.3, 0.4) is 0 Å². The van der Waals surface area contributed by atoms with Crippen LogP contribution in [-0.4, -0.2) is 52.2 Å². The van der Waals surface area contributed by atoms with Gasteiger partial charge in [0.05, 0.1) is 5.41 Å². The summed E-state index contributed by atoms with van der Waals surface area (Å²) in [5.41, 5.74) is 2.03. The molecule has 0 spiro atoms. The Morgan fingerprint density at radius 2 is 1.76 bits per heavy atom. The topological polar surface area (TPSA) is 65.1 Å². The summed E-state index contributed by atoms with van der Waals surface area (Å²) in [5, 5.41) is 6.81. The molecular weight excluding hydrogens is 314 g/mol. The second-order valence-electron chi connectivity index (χ2n) is 7.92. The van der Waals surface area contributed by atoms with Gasteiger partial charge in [0.25, 0.3) is 0 Å². The molecule has 1 atom stereocenters. The first-order chi connectivity index (χ1) is 11.9. The minimum atomic E-state index is -0.366. The standard InChI is InChI=1S/C19H25N5O/c1-14-4-6-15(7-5-14)19(12-18(19,2)3)16(25)23-8-10-24(11-9-23)17-20-13-21-22-17/h4-7,13H,8-12H2,1-3H3,(H,20,21,22)/t19-/m1/s1. The zero-order chi connectivity index (χ0) is 17.7. The molecule has 1 saturated heterocycles. The van der Waals surface area contributed by atoms with Gasteiger partial charge in [0.1, 0.15) is 6.33 Å². The summed E-state index contributed by atoms with van der Waals surface area (Å²) in [4.78, 5) is 21.8. The molecule has 4 rings (SSSR count). The number of aromatic nitrogens is 3. The predicted molar refractivity (Wildman–Crippen MR) is 96.4 cm³/mol. The molecule has 0 radical (unpaired) electrons. The van der Waals surface area contributed by atoms with E-state index in [2.05, 4.69) is 65.1 Å². The van der Waals surface area contributed by atoms with Crippen molar-refractivity contribution in [1.29, 1.82) is 0 Å². The van der Waals surface area contributed by atoms with Gasteiger partial charge in [0, 0.05) is 26.2 Å². The van der Waals surface area contributed by atoms with Gasteiger partial charge in [-0.05, 0) is 24.3 Å². The van der Waals surface area contributed by atoms with Crippen molar-refractivity contribution in [2.24, 2.45) is 5.41 Å². The fourth-order valence-corrected chi connectivity index (χ4v) is 4.18. The third-order valence-corrected chi connectivity index (χ3v) is 5.92. The Labute approximate surface area is 148 Å². The van der Waals surface area contributed by atoms with Gasteiger partial charge in [-0.1, -0.05) is 43.7 Å². The lowest BCUT2D eigenvalue weighted by Crippen LogP contribution is -2.52. The molecule has 2 fully saturated rings. The molecular formula is C19H25N5O. The Hall–Kier alpha value is -2.37. The number of aromatic amines is 1. The van der Waals surface area contributed by atoms with Crippen molar-refractivity contribution in [1.82, 2.24) is 20.1 Å². The maximum Gasteiger partial charge on any atom is 0.233 e. The van der Waals surface area contributed by atoms with Crippen molar-refractivity contribution in [2.75, 3.05) is 31.1 Å². The molecule has 25 heavy (non-hydrogen) atoms. The molecule has 2 aliphatic rings. The van der Waals surface area contributed by atoms with E-state index in [9.17, 15) is 4.79 Å². The fourth-order valence-electron chi connectivity index (χ4n) is 4.18. The number of piperazine rings is 1. The summed E-state index contributed by atoms with van der Waals surface area (Å²) < 4.78 is 0. The molecule has 2 heterocycles. The largest absolute Gasteiger partial charge is 0.338 e. The van der Waals surface area contributed by atoms with E-state index in [1.165, 1.54) is 11.9 Å². The van der Waals surface area contributed by atoms with Crippen LogP contribution in [0, 0.1) is 12.3 Å². The van der Waals surface area contributed by atoms with E-state index in [1.54, 1.807) is 0 Å². The summed E-state index contributed by atoms with van der Waals surface area (Å²) in [6.07, 6.45) is 2.44. The van der Waals surface area contributed by atoms with Gasteiger partial charge >= 0.3 is 0 Å². The van der Waals surface area contributed by atoms with E-state index in [1.807, 2.05) is 4.90 Å². The normalized spacial score (nSPS) is 25.1. The quantitative estimate of drug-likeness (QED) is 0.930. The number of H-pyrrole nitrogens is 1. The van der Waals surface area contributed by atoms with Gasteiger partial charge in [-0.25, -0.2) is 5.10 Å². The Bertz CT molecular complexity index is 760. The van der Waals surface area contributed by atoms with Crippen molar-refractivity contribution >= 4 is 11.9 Å². The zero-order valence-corrected chi connectivity index (χ0v) is 15.1. The molecule has 1 saturated carbocycles. The first-order valence-corrected chi connectivity index (χ1v) is 8.91. The number of carbonyl (C=O) groups is 1. The Kier molecular flexibility index (Phi) is 3.60. The molecule has 0 bridgehead atoms. The van der Waals surface area contributed by atoms with Crippen molar-refractivity contribution in [3.8, 4) is 0 Å². The van der Waals surface area contributed by atoms with E-state index >= 15 is 0 Å². The highest BCUT2D eigenvalue weighted by Crippen LogP contribution is 2.65. The van der Waals surface area contributed by atoms with Gasteiger partial charge < -0.3 is 9.80 Å². The highest BCUT2D eigenvalue weighted by Gasteiger charge is 2.68. The smallest absolute Gasteiger partial charge is 0.233 e. The molecule has 1 aromatic heterocycles. The van der Waals surface area contributed by atoms with Crippen LogP contribution in [0.25, 0.3) is 0 Å². The van der Waals surface area contributed by atoms with Crippen molar-refractivity contribution in [2.45, 2.75) is 32.6 Å². The molecule has 2 aromatic rings. The first kappa shape index (κ1) is 16.1. The third kappa shape index (κ3) is 2.51. The molecule has 1 aliphatic heterocycles. The van der Waals surface area contributed by atoms with E-state index in [0.717, 1.165) is 44.1 Å². The molecule has 0 unspecified atom stereocenters. The van der Waals surface area contributed by atoms with Crippen LogP contribution in [0.2, 0.25) is 0 Å². The molecule has 132 valence electrons. The molecule has 1 aliphatic carbocycles. The van der Waals surface area contributed by atoms with E-state index in [0.29, 0.717) is 0 Å². The van der Waals surface area contributed by atoms with Crippen molar-refractivity contribution in [3.05, 3.63) is 41.7 Å². The third-order valence-electron chi connectivity index (χ3n) is 5.92. The van der Waals surface area contributed by atoms with E-state index < -0.39 is 0 Å². The van der Waals surface area contributed by atoms with Gasteiger partial charge in [-0.2, -0.15) is 10.1 Å². The van der Waals surface area contributed by atoms with E-state index in [4.69, 9.17) is 0 Å². The number of aryl methyl sites for hydroxylation is 1. The number of benzene rings is 1.